The molecule has 15 heavy (non-hydrogen) atoms. The molecule has 1 N–H and O–H groups in total. The lowest BCUT2D eigenvalue weighted by molar-refractivity contribution is 0.0852. The van der Waals surface area contributed by atoms with Crippen LogP contribution < -0.4 is 0 Å². The van der Waals surface area contributed by atoms with Crippen molar-refractivity contribution in [2.45, 2.75) is 13.3 Å². The number of rotatable bonds is 4. The van der Waals surface area contributed by atoms with Crippen molar-refractivity contribution in [3.8, 4) is 0 Å². The van der Waals surface area contributed by atoms with E-state index in [-0.39, 0.29) is 18.0 Å². The minimum atomic E-state index is -0.546. The molecular formula is C11H12BrFO2. The molecule has 1 aromatic carbocycles. The van der Waals surface area contributed by atoms with Gasteiger partial charge in [-0.05, 0) is 24.6 Å². The Morgan fingerprint density at radius 1 is 1.60 bits per heavy atom. The summed E-state index contributed by atoms with van der Waals surface area (Å²) in [7, 11) is 0. The van der Waals surface area contributed by atoms with E-state index in [0.717, 1.165) is 0 Å². The summed E-state index contributed by atoms with van der Waals surface area (Å²) in [5.74, 6) is -1.41. The van der Waals surface area contributed by atoms with Gasteiger partial charge in [0.1, 0.15) is 5.82 Å². The molecule has 1 aromatic rings. The molecular weight excluding hydrogens is 263 g/mol. The number of carbonyl (C=O) groups excluding carboxylic acids is 1. The van der Waals surface area contributed by atoms with Crippen LogP contribution in [0, 0.1) is 11.7 Å². The molecule has 0 aliphatic rings. The Hall–Kier alpha value is -0.740. The van der Waals surface area contributed by atoms with Gasteiger partial charge in [0, 0.05) is 10.4 Å². The predicted molar refractivity (Wildman–Crippen MR) is 59.3 cm³/mol. The summed E-state index contributed by atoms with van der Waals surface area (Å²) in [5.41, 5.74) is 0.0327. The number of Topliss-reactive ketones (excluding diaryl/α,β-unsaturated/α-hetero) is 1. The number of carbonyl (C=O) groups is 1. The molecule has 1 unspecified atom stereocenters. The first kappa shape index (κ1) is 12.3. The van der Waals surface area contributed by atoms with E-state index in [1.807, 2.05) is 0 Å². The Bertz CT molecular complexity index is 362. The van der Waals surface area contributed by atoms with Gasteiger partial charge in [0.05, 0.1) is 12.2 Å². The predicted octanol–water partition coefficient (Wildman–Crippen LogP) is 2.79. The lowest BCUT2D eigenvalue weighted by atomic mass is 9.96. The van der Waals surface area contributed by atoms with E-state index >= 15 is 0 Å². The van der Waals surface area contributed by atoms with Gasteiger partial charge in [-0.15, -0.1) is 0 Å². The molecule has 0 saturated heterocycles. The van der Waals surface area contributed by atoms with E-state index in [1.165, 1.54) is 18.2 Å². The number of benzene rings is 1. The van der Waals surface area contributed by atoms with E-state index in [9.17, 15) is 9.18 Å². The molecule has 1 atom stereocenters. The van der Waals surface area contributed by atoms with E-state index in [4.69, 9.17) is 5.11 Å². The topological polar surface area (TPSA) is 37.3 Å². The number of aliphatic hydroxyl groups excluding tert-OH is 1. The van der Waals surface area contributed by atoms with Crippen LogP contribution in [0.15, 0.2) is 22.7 Å². The Kier molecular flexibility index (Phi) is 4.42. The van der Waals surface area contributed by atoms with Gasteiger partial charge < -0.3 is 5.11 Å². The number of halogens is 2. The molecule has 0 bridgehead atoms. The normalized spacial score (nSPS) is 12.5. The summed E-state index contributed by atoms with van der Waals surface area (Å²) in [4.78, 5) is 11.8. The van der Waals surface area contributed by atoms with Crippen molar-refractivity contribution in [2.75, 3.05) is 6.61 Å². The summed E-state index contributed by atoms with van der Waals surface area (Å²) in [6.07, 6.45) is 0.501. The smallest absolute Gasteiger partial charge is 0.171 e. The van der Waals surface area contributed by atoms with Crippen molar-refractivity contribution in [2.24, 2.45) is 5.92 Å². The average Bonchev–Trinajstić information content (AvgIpc) is 2.23. The fourth-order valence-corrected chi connectivity index (χ4v) is 1.66. The van der Waals surface area contributed by atoms with Gasteiger partial charge in [-0.25, -0.2) is 4.39 Å². The Labute approximate surface area is 96.2 Å². The number of hydrogen-bond acceptors (Lipinski definition) is 2. The van der Waals surface area contributed by atoms with Crippen molar-refractivity contribution < 1.29 is 14.3 Å². The fraction of sp³-hybridized carbons (Fsp3) is 0.364. The molecule has 0 aromatic heterocycles. The minimum Gasteiger partial charge on any atom is -0.396 e. The molecule has 0 fully saturated rings. The highest BCUT2D eigenvalue weighted by molar-refractivity contribution is 9.10. The molecule has 4 heteroatoms. The van der Waals surface area contributed by atoms with Gasteiger partial charge in [0.15, 0.2) is 5.78 Å². The molecule has 2 nitrogen and oxygen atoms in total. The highest BCUT2D eigenvalue weighted by Crippen LogP contribution is 2.19. The quantitative estimate of drug-likeness (QED) is 0.858. The largest absolute Gasteiger partial charge is 0.396 e. The number of ketones is 1. The Balaban J connectivity index is 3.04. The fourth-order valence-electron chi connectivity index (χ4n) is 1.30. The van der Waals surface area contributed by atoms with Crippen molar-refractivity contribution in [3.05, 3.63) is 34.1 Å². The van der Waals surface area contributed by atoms with E-state index < -0.39 is 11.7 Å². The summed E-state index contributed by atoms with van der Waals surface area (Å²) in [5, 5.41) is 8.96. The molecule has 0 aliphatic carbocycles. The van der Waals surface area contributed by atoms with E-state index in [0.29, 0.717) is 10.9 Å². The molecule has 0 heterocycles. The van der Waals surface area contributed by atoms with E-state index in [1.54, 1.807) is 6.92 Å². The van der Waals surface area contributed by atoms with Crippen LogP contribution in [0.1, 0.15) is 23.7 Å². The third kappa shape index (κ3) is 2.86. The number of aliphatic hydroxyl groups is 1. The summed E-state index contributed by atoms with van der Waals surface area (Å²) < 4.78 is 14.0. The summed E-state index contributed by atoms with van der Waals surface area (Å²) >= 11 is 3.18. The molecule has 0 radical (unpaired) electrons. The van der Waals surface area contributed by atoms with Gasteiger partial charge >= 0.3 is 0 Å². The highest BCUT2D eigenvalue weighted by atomic mass is 79.9. The highest BCUT2D eigenvalue weighted by Gasteiger charge is 2.20. The molecule has 0 aliphatic heterocycles. The molecule has 82 valence electrons. The second-order valence-electron chi connectivity index (χ2n) is 3.28. The maximum absolute atomic E-state index is 13.3. The third-order valence-corrected chi connectivity index (χ3v) is 2.77. The zero-order valence-corrected chi connectivity index (χ0v) is 9.92. The second-order valence-corrected chi connectivity index (χ2v) is 4.19. The lowest BCUT2D eigenvalue weighted by Crippen LogP contribution is -2.19. The minimum absolute atomic E-state index is 0.0327. The average molecular weight is 275 g/mol. The first-order chi connectivity index (χ1) is 7.10. The Morgan fingerprint density at radius 3 is 2.80 bits per heavy atom. The maximum atomic E-state index is 13.3. The first-order valence-electron chi connectivity index (χ1n) is 4.70. The van der Waals surface area contributed by atoms with Crippen LogP contribution in [0.5, 0.6) is 0 Å². The van der Waals surface area contributed by atoms with Gasteiger partial charge in [0.25, 0.3) is 0 Å². The molecule has 1 rings (SSSR count). The zero-order valence-electron chi connectivity index (χ0n) is 8.34. The third-order valence-electron chi connectivity index (χ3n) is 2.28. The van der Waals surface area contributed by atoms with Crippen LogP contribution in [0.2, 0.25) is 0 Å². The van der Waals surface area contributed by atoms with Crippen LogP contribution in [-0.2, 0) is 0 Å². The van der Waals surface area contributed by atoms with Gasteiger partial charge in [-0.3, -0.25) is 4.79 Å². The molecule has 0 saturated carbocycles. The second kappa shape index (κ2) is 5.37. The standard InChI is InChI=1S/C11H12BrFO2/c1-2-7(6-14)11(15)9-5-8(12)3-4-10(9)13/h3-5,7,14H,2,6H2,1H3. The summed E-state index contributed by atoms with van der Waals surface area (Å²) in [6, 6.07) is 4.21. The van der Waals surface area contributed by atoms with Crippen molar-refractivity contribution in [1.82, 2.24) is 0 Å². The zero-order chi connectivity index (χ0) is 11.4. The van der Waals surface area contributed by atoms with Gasteiger partial charge in [-0.2, -0.15) is 0 Å². The summed E-state index contributed by atoms with van der Waals surface area (Å²) in [6.45, 7) is 1.54. The lowest BCUT2D eigenvalue weighted by Gasteiger charge is -2.11. The number of hydrogen-bond donors (Lipinski definition) is 1. The van der Waals surface area contributed by atoms with E-state index in [2.05, 4.69) is 15.9 Å². The monoisotopic (exact) mass is 274 g/mol. The van der Waals surface area contributed by atoms with Crippen LogP contribution in [0.25, 0.3) is 0 Å². The molecule has 0 spiro atoms. The van der Waals surface area contributed by atoms with Gasteiger partial charge in [0.2, 0.25) is 0 Å². The van der Waals surface area contributed by atoms with Crippen LogP contribution >= 0.6 is 15.9 Å². The Morgan fingerprint density at radius 2 is 2.27 bits per heavy atom. The van der Waals surface area contributed by atoms with Crippen LogP contribution in [0.4, 0.5) is 4.39 Å². The van der Waals surface area contributed by atoms with Gasteiger partial charge in [-0.1, -0.05) is 22.9 Å². The van der Waals surface area contributed by atoms with Crippen LogP contribution in [-0.4, -0.2) is 17.5 Å². The SMILES string of the molecule is CCC(CO)C(=O)c1cc(Br)ccc1F. The van der Waals surface area contributed by atoms with Crippen LogP contribution in [0.3, 0.4) is 0 Å². The molecule has 0 amide bonds. The maximum Gasteiger partial charge on any atom is 0.171 e. The van der Waals surface area contributed by atoms with Crippen molar-refractivity contribution >= 4 is 21.7 Å². The first-order valence-corrected chi connectivity index (χ1v) is 5.49. The van der Waals surface area contributed by atoms with Crippen molar-refractivity contribution in [3.63, 3.8) is 0 Å². The van der Waals surface area contributed by atoms with Crippen molar-refractivity contribution in [1.29, 1.82) is 0 Å².